The summed E-state index contributed by atoms with van der Waals surface area (Å²) in [6.45, 7) is 8.39. The number of rotatable bonds is 1. The van der Waals surface area contributed by atoms with Crippen molar-refractivity contribution in [3.05, 3.63) is 35.5 Å². The van der Waals surface area contributed by atoms with Crippen molar-refractivity contribution in [1.82, 2.24) is 4.57 Å². The number of hydrogen-bond donors (Lipinski definition) is 0. The summed E-state index contributed by atoms with van der Waals surface area (Å²) in [6.07, 6.45) is 3.35. The van der Waals surface area contributed by atoms with Crippen molar-refractivity contribution in [2.24, 2.45) is 7.05 Å². The smallest absolute Gasteiger partial charge is 0.0483 e. The molecule has 1 aromatic heterocycles. The summed E-state index contributed by atoms with van der Waals surface area (Å²) in [6, 6.07) is 6.49. The second kappa shape index (κ2) is 5.01. The maximum Gasteiger partial charge on any atom is 0.0483 e. The topological polar surface area (TPSA) is 4.93 Å². The number of aromatic nitrogens is 1. The van der Waals surface area contributed by atoms with E-state index in [0.29, 0.717) is 0 Å². The van der Waals surface area contributed by atoms with Gasteiger partial charge in [0.05, 0.1) is 0 Å². The summed E-state index contributed by atoms with van der Waals surface area (Å²) in [5.74, 6) is 0. The first-order valence-corrected chi connectivity index (χ1v) is 5.77. The van der Waals surface area contributed by atoms with Crippen LogP contribution in [0.2, 0.25) is 0 Å². The highest BCUT2D eigenvalue weighted by Crippen LogP contribution is 2.24. The number of aryl methyl sites for hydroxylation is 3. The van der Waals surface area contributed by atoms with Gasteiger partial charge in [-0.15, -0.1) is 0 Å². The van der Waals surface area contributed by atoms with Crippen LogP contribution in [0, 0.1) is 6.92 Å². The molecule has 1 heterocycles. The Morgan fingerprint density at radius 2 is 1.87 bits per heavy atom. The molecule has 0 amide bonds. The minimum absolute atomic E-state index is 1.11. The van der Waals surface area contributed by atoms with E-state index in [2.05, 4.69) is 49.9 Å². The highest BCUT2D eigenvalue weighted by Gasteiger charge is 2.05. The Morgan fingerprint density at radius 1 is 1.20 bits per heavy atom. The fourth-order valence-corrected chi connectivity index (χ4v) is 2.00. The summed E-state index contributed by atoms with van der Waals surface area (Å²) in [7, 11) is 2.11. The average molecular weight is 203 g/mol. The summed E-state index contributed by atoms with van der Waals surface area (Å²) in [5, 5.41) is 1.44. The van der Waals surface area contributed by atoms with Crippen LogP contribution < -0.4 is 0 Å². The van der Waals surface area contributed by atoms with Crippen molar-refractivity contribution in [2.45, 2.75) is 34.1 Å². The molecule has 82 valence electrons. The van der Waals surface area contributed by atoms with Crippen molar-refractivity contribution in [1.29, 1.82) is 0 Å². The Morgan fingerprint density at radius 3 is 2.47 bits per heavy atom. The van der Waals surface area contributed by atoms with Crippen LogP contribution in [0.1, 0.15) is 31.9 Å². The Hall–Kier alpha value is -1.24. The third-order valence-electron chi connectivity index (χ3n) is 2.68. The van der Waals surface area contributed by atoms with Gasteiger partial charge in [-0.05, 0) is 30.5 Å². The zero-order valence-corrected chi connectivity index (χ0v) is 10.5. The van der Waals surface area contributed by atoms with Crippen molar-refractivity contribution in [3.63, 3.8) is 0 Å². The van der Waals surface area contributed by atoms with Crippen molar-refractivity contribution in [3.8, 4) is 0 Å². The Labute approximate surface area is 92.7 Å². The first-order valence-electron chi connectivity index (χ1n) is 5.77. The molecule has 15 heavy (non-hydrogen) atoms. The van der Waals surface area contributed by atoms with E-state index in [1.165, 1.54) is 22.0 Å². The lowest BCUT2D eigenvalue weighted by Gasteiger charge is -1.99. The summed E-state index contributed by atoms with van der Waals surface area (Å²) >= 11 is 0. The Balaban J connectivity index is 0.000000531. The summed E-state index contributed by atoms with van der Waals surface area (Å²) in [4.78, 5) is 0. The molecule has 0 atom stereocenters. The first-order chi connectivity index (χ1) is 7.24. The van der Waals surface area contributed by atoms with E-state index in [0.717, 1.165) is 6.42 Å². The van der Waals surface area contributed by atoms with Gasteiger partial charge in [-0.2, -0.15) is 0 Å². The summed E-state index contributed by atoms with van der Waals surface area (Å²) < 4.78 is 2.21. The number of benzene rings is 1. The molecule has 1 aromatic carbocycles. The van der Waals surface area contributed by atoms with Crippen LogP contribution in [-0.2, 0) is 13.5 Å². The van der Waals surface area contributed by atoms with Crippen molar-refractivity contribution in [2.75, 3.05) is 0 Å². The first kappa shape index (κ1) is 11.8. The van der Waals surface area contributed by atoms with Gasteiger partial charge >= 0.3 is 0 Å². The molecule has 0 aliphatic carbocycles. The highest BCUT2D eigenvalue weighted by atomic mass is 14.9. The maximum atomic E-state index is 2.23. The predicted molar refractivity (Wildman–Crippen MR) is 68.4 cm³/mol. The molecule has 0 saturated heterocycles. The number of nitrogens with zero attached hydrogens (tertiary/aromatic N) is 1. The van der Waals surface area contributed by atoms with Gasteiger partial charge in [0.25, 0.3) is 0 Å². The number of fused-ring (bicyclic) bond motifs is 1. The molecule has 0 bridgehead atoms. The third-order valence-corrected chi connectivity index (χ3v) is 2.68. The van der Waals surface area contributed by atoms with Gasteiger partial charge in [-0.25, -0.2) is 0 Å². The van der Waals surface area contributed by atoms with E-state index in [1.54, 1.807) is 0 Å². The van der Waals surface area contributed by atoms with Crippen LogP contribution in [0.4, 0.5) is 0 Å². The Bertz CT molecular complexity index is 438. The van der Waals surface area contributed by atoms with Gasteiger partial charge in [0.15, 0.2) is 0 Å². The van der Waals surface area contributed by atoms with Crippen molar-refractivity contribution < 1.29 is 0 Å². The quantitative estimate of drug-likeness (QED) is 0.658. The molecule has 0 saturated carbocycles. The van der Waals surface area contributed by atoms with E-state index < -0.39 is 0 Å². The molecule has 0 N–H and O–H groups in total. The molecule has 1 nitrogen and oxygen atoms in total. The second-order valence-electron chi connectivity index (χ2n) is 3.59. The lowest BCUT2D eigenvalue weighted by atomic mass is 10.1. The second-order valence-corrected chi connectivity index (χ2v) is 3.59. The highest BCUT2D eigenvalue weighted by molar-refractivity contribution is 5.87. The van der Waals surface area contributed by atoms with Crippen LogP contribution in [-0.4, -0.2) is 4.57 Å². The largest absolute Gasteiger partial charge is 0.350 e. The zero-order valence-electron chi connectivity index (χ0n) is 10.5. The average Bonchev–Trinajstić information content (AvgIpc) is 2.60. The van der Waals surface area contributed by atoms with E-state index in [-0.39, 0.29) is 0 Å². The molecule has 0 aliphatic rings. The lowest BCUT2D eigenvalue weighted by Crippen LogP contribution is -1.83. The molecule has 2 rings (SSSR count). The number of hydrogen-bond acceptors (Lipinski definition) is 0. The van der Waals surface area contributed by atoms with Gasteiger partial charge in [-0.3, -0.25) is 0 Å². The maximum absolute atomic E-state index is 2.23. The van der Waals surface area contributed by atoms with E-state index in [4.69, 9.17) is 0 Å². The van der Waals surface area contributed by atoms with E-state index in [9.17, 15) is 0 Å². The third kappa shape index (κ3) is 2.06. The fourth-order valence-electron chi connectivity index (χ4n) is 2.00. The molecule has 0 aliphatic heterocycles. The van der Waals surface area contributed by atoms with Crippen LogP contribution in [0.25, 0.3) is 10.9 Å². The van der Waals surface area contributed by atoms with Crippen molar-refractivity contribution >= 4 is 10.9 Å². The SMILES string of the molecule is CC.CCc1cn(C)c2cccc(C)c12. The van der Waals surface area contributed by atoms with Gasteiger partial charge in [0, 0.05) is 24.1 Å². The molecule has 0 radical (unpaired) electrons. The van der Waals surface area contributed by atoms with Crippen LogP contribution >= 0.6 is 0 Å². The predicted octanol–water partition coefficient (Wildman–Crippen LogP) is 4.08. The molecule has 0 unspecified atom stereocenters. The van der Waals surface area contributed by atoms with Crippen LogP contribution in [0.15, 0.2) is 24.4 Å². The van der Waals surface area contributed by atoms with Crippen LogP contribution in [0.3, 0.4) is 0 Å². The lowest BCUT2D eigenvalue weighted by molar-refractivity contribution is 0.954. The fraction of sp³-hybridized carbons (Fsp3) is 0.429. The molecular formula is C14H21N. The minimum Gasteiger partial charge on any atom is -0.350 e. The van der Waals surface area contributed by atoms with Crippen LogP contribution in [0.5, 0.6) is 0 Å². The van der Waals surface area contributed by atoms with Gasteiger partial charge < -0.3 is 4.57 Å². The molecule has 1 heteroatoms. The monoisotopic (exact) mass is 203 g/mol. The zero-order chi connectivity index (χ0) is 11.4. The van der Waals surface area contributed by atoms with Gasteiger partial charge in [0.1, 0.15) is 0 Å². The Kier molecular flexibility index (Phi) is 3.96. The van der Waals surface area contributed by atoms with E-state index in [1.807, 2.05) is 13.8 Å². The molecule has 2 aromatic rings. The van der Waals surface area contributed by atoms with E-state index >= 15 is 0 Å². The normalized spacial score (nSPS) is 9.93. The molecular weight excluding hydrogens is 182 g/mol. The summed E-state index contributed by atoms with van der Waals surface area (Å²) in [5.41, 5.74) is 4.18. The standard InChI is InChI=1S/C12H15N.C2H6/c1-4-10-8-13(3)11-7-5-6-9(2)12(10)11;1-2/h5-8H,4H2,1-3H3;1-2H3. The van der Waals surface area contributed by atoms with Gasteiger partial charge in [0.2, 0.25) is 0 Å². The minimum atomic E-state index is 1.11. The molecule has 0 spiro atoms. The molecule has 0 fully saturated rings. The van der Waals surface area contributed by atoms with Gasteiger partial charge in [-0.1, -0.05) is 32.9 Å².